The minimum absolute atomic E-state index is 0.260. The quantitative estimate of drug-likeness (QED) is 0.668. The molecule has 1 N–H and O–H groups in total. The number of halogens is 1. The van der Waals surface area contributed by atoms with E-state index < -0.39 is 10.7 Å². The van der Waals surface area contributed by atoms with Crippen molar-refractivity contribution < 1.29 is 13.7 Å². The van der Waals surface area contributed by atoms with Crippen molar-refractivity contribution >= 4 is 11.4 Å². The summed E-state index contributed by atoms with van der Waals surface area (Å²) in [5, 5.41) is 13.6. The summed E-state index contributed by atoms with van der Waals surface area (Å²) in [6.07, 6.45) is 0. The van der Waals surface area contributed by atoms with Gasteiger partial charge in [0, 0.05) is 0 Å². The molecule has 2 aromatic rings. The summed E-state index contributed by atoms with van der Waals surface area (Å²) in [6.45, 7) is 2.12. The van der Waals surface area contributed by atoms with Crippen LogP contribution in [0.1, 0.15) is 11.5 Å². The third kappa shape index (κ3) is 2.65. The number of nitrogens with zero attached hydrogens (tertiary/aromatic N) is 1. The van der Waals surface area contributed by atoms with Crippen molar-refractivity contribution in [2.45, 2.75) is 13.5 Å². The maximum Gasteiger partial charge on any atom is 0.295 e. The molecule has 94 valence electrons. The summed E-state index contributed by atoms with van der Waals surface area (Å²) in [5.41, 5.74) is -0.0336. The minimum Gasteiger partial charge on any atom is -0.465 e. The van der Waals surface area contributed by atoms with Gasteiger partial charge in [-0.1, -0.05) is 0 Å². The molecule has 6 heteroatoms. The van der Waals surface area contributed by atoms with Crippen LogP contribution in [0.15, 0.2) is 34.7 Å². The molecule has 0 aliphatic carbocycles. The van der Waals surface area contributed by atoms with E-state index in [9.17, 15) is 14.5 Å². The van der Waals surface area contributed by atoms with E-state index in [0.29, 0.717) is 12.3 Å². The van der Waals surface area contributed by atoms with Crippen molar-refractivity contribution in [3.05, 3.63) is 57.8 Å². The average molecular weight is 250 g/mol. The number of anilines is 1. The fourth-order valence-electron chi connectivity index (χ4n) is 1.57. The second kappa shape index (κ2) is 4.87. The number of nitrogens with one attached hydrogen (secondary N) is 1. The summed E-state index contributed by atoms with van der Waals surface area (Å²) in [4.78, 5) is 10.1. The van der Waals surface area contributed by atoms with Gasteiger partial charge in [0.1, 0.15) is 23.0 Å². The highest BCUT2D eigenvalue weighted by Crippen LogP contribution is 2.25. The summed E-state index contributed by atoms with van der Waals surface area (Å²) in [7, 11) is 0. The number of rotatable bonds is 4. The second-order valence-corrected chi connectivity index (χ2v) is 3.78. The zero-order valence-corrected chi connectivity index (χ0v) is 9.64. The van der Waals surface area contributed by atoms with Crippen molar-refractivity contribution in [3.8, 4) is 0 Å². The normalized spacial score (nSPS) is 10.3. The van der Waals surface area contributed by atoms with Crippen LogP contribution in [-0.4, -0.2) is 4.92 Å². The molecular weight excluding hydrogens is 239 g/mol. The van der Waals surface area contributed by atoms with Crippen LogP contribution in [0, 0.1) is 22.9 Å². The largest absolute Gasteiger partial charge is 0.465 e. The molecule has 0 aliphatic rings. The number of hydrogen-bond donors (Lipinski definition) is 1. The SMILES string of the molecule is Cc1ccc(CNc2ccc(F)cc2[N+](=O)[O-])o1. The van der Waals surface area contributed by atoms with Crippen LogP contribution < -0.4 is 5.32 Å². The molecule has 0 spiro atoms. The third-order valence-electron chi connectivity index (χ3n) is 2.41. The lowest BCUT2D eigenvalue weighted by molar-refractivity contribution is -0.384. The van der Waals surface area contributed by atoms with Gasteiger partial charge in [0.15, 0.2) is 0 Å². The Hall–Kier alpha value is -2.37. The zero-order valence-electron chi connectivity index (χ0n) is 9.64. The molecule has 18 heavy (non-hydrogen) atoms. The smallest absolute Gasteiger partial charge is 0.295 e. The lowest BCUT2D eigenvalue weighted by Gasteiger charge is -2.05. The lowest BCUT2D eigenvalue weighted by Crippen LogP contribution is -2.02. The predicted molar refractivity (Wildman–Crippen MR) is 63.8 cm³/mol. The third-order valence-corrected chi connectivity index (χ3v) is 2.41. The van der Waals surface area contributed by atoms with Gasteiger partial charge in [-0.2, -0.15) is 0 Å². The van der Waals surface area contributed by atoms with E-state index in [-0.39, 0.29) is 11.4 Å². The number of benzene rings is 1. The molecule has 0 bridgehead atoms. The predicted octanol–water partition coefficient (Wildman–Crippen LogP) is 3.25. The molecule has 0 saturated carbocycles. The highest BCUT2D eigenvalue weighted by atomic mass is 19.1. The fraction of sp³-hybridized carbons (Fsp3) is 0.167. The molecule has 2 rings (SSSR count). The minimum atomic E-state index is -0.638. The second-order valence-electron chi connectivity index (χ2n) is 3.78. The van der Waals surface area contributed by atoms with Crippen LogP contribution in [0.3, 0.4) is 0 Å². The maximum atomic E-state index is 12.9. The molecule has 1 aromatic carbocycles. The Labute approximate surface area is 102 Å². The van der Waals surface area contributed by atoms with E-state index in [1.54, 1.807) is 12.1 Å². The van der Waals surface area contributed by atoms with Gasteiger partial charge in [-0.05, 0) is 31.2 Å². The van der Waals surface area contributed by atoms with Crippen LogP contribution in [-0.2, 0) is 6.54 Å². The van der Waals surface area contributed by atoms with E-state index in [1.165, 1.54) is 12.1 Å². The van der Waals surface area contributed by atoms with E-state index in [2.05, 4.69) is 5.32 Å². The Balaban J connectivity index is 2.16. The van der Waals surface area contributed by atoms with Gasteiger partial charge in [-0.3, -0.25) is 10.1 Å². The number of nitro groups is 1. The summed E-state index contributed by atoms with van der Waals surface area (Å²) >= 11 is 0. The summed E-state index contributed by atoms with van der Waals surface area (Å²) in [6, 6.07) is 6.97. The van der Waals surface area contributed by atoms with Crippen LogP contribution >= 0.6 is 0 Å². The van der Waals surface area contributed by atoms with Gasteiger partial charge < -0.3 is 9.73 Å². The number of hydrogen-bond acceptors (Lipinski definition) is 4. The molecule has 5 nitrogen and oxygen atoms in total. The highest BCUT2D eigenvalue weighted by Gasteiger charge is 2.14. The average Bonchev–Trinajstić information content (AvgIpc) is 2.73. The molecular formula is C12H11FN2O3. The molecule has 0 radical (unpaired) electrons. The standard InChI is InChI=1S/C12H11FN2O3/c1-8-2-4-10(18-8)7-14-11-5-3-9(13)6-12(11)15(16)17/h2-6,14H,7H2,1H3. The van der Waals surface area contributed by atoms with E-state index >= 15 is 0 Å². The van der Waals surface area contributed by atoms with Crippen molar-refractivity contribution in [2.75, 3.05) is 5.32 Å². The van der Waals surface area contributed by atoms with Gasteiger partial charge in [-0.15, -0.1) is 0 Å². The number of aryl methyl sites for hydroxylation is 1. The van der Waals surface area contributed by atoms with Gasteiger partial charge in [0.05, 0.1) is 17.5 Å². The Morgan fingerprint density at radius 3 is 2.78 bits per heavy atom. The monoisotopic (exact) mass is 250 g/mol. The van der Waals surface area contributed by atoms with Crippen molar-refractivity contribution in [3.63, 3.8) is 0 Å². The van der Waals surface area contributed by atoms with Gasteiger partial charge in [-0.25, -0.2) is 4.39 Å². The first-order chi connectivity index (χ1) is 8.56. The van der Waals surface area contributed by atoms with Crippen molar-refractivity contribution in [1.29, 1.82) is 0 Å². The first-order valence-electron chi connectivity index (χ1n) is 5.29. The van der Waals surface area contributed by atoms with Crippen LogP contribution in [0.25, 0.3) is 0 Å². The lowest BCUT2D eigenvalue weighted by atomic mass is 10.2. The molecule has 1 heterocycles. The molecule has 0 aliphatic heterocycles. The van der Waals surface area contributed by atoms with Crippen LogP contribution in [0.2, 0.25) is 0 Å². The van der Waals surface area contributed by atoms with Crippen molar-refractivity contribution in [1.82, 2.24) is 0 Å². The van der Waals surface area contributed by atoms with Gasteiger partial charge >= 0.3 is 0 Å². The molecule has 0 unspecified atom stereocenters. The zero-order chi connectivity index (χ0) is 13.1. The van der Waals surface area contributed by atoms with E-state index in [1.807, 2.05) is 6.92 Å². The van der Waals surface area contributed by atoms with Crippen LogP contribution in [0.5, 0.6) is 0 Å². The number of nitro benzene ring substituents is 1. The maximum absolute atomic E-state index is 12.9. The van der Waals surface area contributed by atoms with Crippen molar-refractivity contribution in [2.24, 2.45) is 0 Å². The molecule has 0 amide bonds. The molecule has 1 aromatic heterocycles. The van der Waals surface area contributed by atoms with Crippen LogP contribution in [0.4, 0.5) is 15.8 Å². The van der Waals surface area contributed by atoms with E-state index in [0.717, 1.165) is 11.8 Å². The molecule has 0 fully saturated rings. The fourth-order valence-corrected chi connectivity index (χ4v) is 1.57. The summed E-state index contributed by atoms with van der Waals surface area (Å²) < 4.78 is 18.2. The Kier molecular flexibility index (Phi) is 3.27. The first kappa shape index (κ1) is 12.1. The summed E-state index contributed by atoms with van der Waals surface area (Å²) in [5.74, 6) is 0.785. The van der Waals surface area contributed by atoms with Gasteiger partial charge in [0.25, 0.3) is 5.69 Å². The first-order valence-corrected chi connectivity index (χ1v) is 5.29. The van der Waals surface area contributed by atoms with Gasteiger partial charge in [0.2, 0.25) is 0 Å². The highest BCUT2D eigenvalue weighted by molar-refractivity contribution is 5.61. The Morgan fingerprint density at radius 1 is 1.39 bits per heavy atom. The molecule has 0 atom stereocenters. The topological polar surface area (TPSA) is 68.3 Å². The Bertz CT molecular complexity index is 580. The molecule has 0 saturated heterocycles. The Morgan fingerprint density at radius 2 is 2.17 bits per heavy atom. The van der Waals surface area contributed by atoms with E-state index in [4.69, 9.17) is 4.42 Å². The number of furan rings is 1.